The fourth-order valence-corrected chi connectivity index (χ4v) is 4.35. The normalized spacial score (nSPS) is 11.2. The molecule has 0 saturated heterocycles. The second kappa shape index (κ2) is 10.3. The molecule has 0 aliphatic carbocycles. The lowest BCUT2D eigenvalue weighted by Gasteiger charge is -2.28. The molecule has 0 unspecified atom stereocenters. The number of sulfonamides is 1. The highest BCUT2D eigenvalue weighted by Gasteiger charge is 2.20. The summed E-state index contributed by atoms with van der Waals surface area (Å²) < 4.78 is 41.6. The summed E-state index contributed by atoms with van der Waals surface area (Å²) in [6, 6.07) is 18.6. The van der Waals surface area contributed by atoms with E-state index in [0.29, 0.717) is 18.8 Å². The first-order valence-corrected chi connectivity index (χ1v) is 11.7. The third-order valence-electron chi connectivity index (χ3n) is 4.95. The van der Waals surface area contributed by atoms with E-state index in [2.05, 4.69) is 11.6 Å². The smallest absolute Gasteiger partial charge is 0.335 e. The number of carboxylic acid groups (broad SMARTS) is 1. The maximum Gasteiger partial charge on any atom is 0.335 e. The SMILES string of the molecule is CCCCN(Cc1ccccc1)c1ccc(C(=O)O)cc1NS(=O)(=O)c1ccc(F)cc1. The number of carbonyl (C=O) groups is 1. The van der Waals surface area contributed by atoms with Crippen LogP contribution in [0.15, 0.2) is 77.7 Å². The van der Waals surface area contributed by atoms with Gasteiger partial charge in [0.05, 0.1) is 21.8 Å². The second-order valence-electron chi connectivity index (χ2n) is 7.36. The number of unbranched alkanes of at least 4 members (excludes halogenated alkanes) is 1. The lowest BCUT2D eigenvalue weighted by atomic mass is 10.1. The first kappa shape index (κ1) is 23.3. The topological polar surface area (TPSA) is 86.7 Å². The number of benzene rings is 3. The molecule has 6 nitrogen and oxygen atoms in total. The van der Waals surface area contributed by atoms with Crippen LogP contribution in [-0.4, -0.2) is 26.0 Å². The lowest BCUT2D eigenvalue weighted by molar-refractivity contribution is 0.0697. The van der Waals surface area contributed by atoms with Gasteiger partial charge in [-0.1, -0.05) is 43.7 Å². The van der Waals surface area contributed by atoms with Gasteiger partial charge in [-0.15, -0.1) is 0 Å². The van der Waals surface area contributed by atoms with Crippen LogP contribution < -0.4 is 9.62 Å². The van der Waals surface area contributed by atoms with Crippen molar-refractivity contribution in [1.29, 1.82) is 0 Å². The Labute approximate surface area is 187 Å². The van der Waals surface area contributed by atoms with E-state index < -0.39 is 21.8 Å². The van der Waals surface area contributed by atoms with Gasteiger partial charge in [0, 0.05) is 13.1 Å². The first-order valence-electron chi connectivity index (χ1n) is 10.2. The Hall–Kier alpha value is -3.39. The Morgan fingerprint density at radius 3 is 2.34 bits per heavy atom. The minimum atomic E-state index is -4.06. The van der Waals surface area contributed by atoms with E-state index in [0.717, 1.165) is 42.7 Å². The lowest BCUT2D eigenvalue weighted by Crippen LogP contribution is -2.26. The van der Waals surface area contributed by atoms with Crippen LogP contribution in [0, 0.1) is 5.82 Å². The van der Waals surface area contributed by atoms with Crippen molar-refractivity contribution < 1.29 is 22.7 Å². The van der Waals surface area contributed by atoms with Gasteiger partial charge < -0.3 is 10.0 Å². The van der Waals surface area contributed by atoms with Gasteiger partial charge in [0.2, 0.25) is 0 Å². The number of nitrogens with zero attached hydrogens (tertiary/aromatic N) is 1. The summed E-state index contributed by atoms with van der Waals surface area (Å²) in [7, 11) is -4.06. The van der Waals surface area contributed by atoms with Crippen LogP contribution in [0.25, 0.3) is 0 Å². The predicted molar refractivity (Wildman–Crippen MR) is 123 cm³/mol. The van der Waals surface area contributed by atoms with E-state index >= 15 is 0 Å². The Kier molecular flexibility index (Phi) is 7.48. The highest BCUT2D eigenvalue weighted by atomic mass is 32.2. The van der Waals surface area contributed by atoms with Crippen molar-refractivity contribution in [3.8, 4) is 0 Å². The van der Waals surface area contributed by atoms with Crippen molar-refractivity contribution >= 4 is 27.4 Å². The van der Waals surface area contributed by atoms with Crippen LogP contribution >= 0.6 is 0 Å². The van der Waals surface area contributed by atoms with E-state index in [-0.39, 0.29) is 16.1 Å². The van der Waals surface area contributed by atoms with E-state index in [4.69, 9.17) is 0 Å². The zero-order valence-electron chi connectivity index (χ0n) is 17.7. The number of carboxylic acids is 1. The average Bonchev–Trinajstić information content (AvgIpc) is 2.77. The van der Waals surface area contributed by atoms with E-state index in [1.165, 1.54) is 12.1 Å². The molecule has 0 fully saturated rings. The summed E-state index contributed by atoms with van der Waals surface area (Å²) in [6.45, 7) is 3.24. The largest absolute Gasteiger partial charge is 0.478 e. The average molecular weight is 457 g/mol. The van der Waals surface area contributed by atoms with Crippen molar-refractivity contribution in [2.75, 3.05) is 16.2 Å². The van der Waals surface area contributed by atoms with Crippen LogP contribution in [0.3, 0.4) is 0 Å². The van der Waals surface area contributed by atoms with Gasteiger partial charge in [0.15, 0.2) is 0 Å². The Bertz CT molecular complexity index is 1170. The minimum absolute atomic E-state index is 0.0410. The van der Waals surface area contributed by atoms with Crippen molar-refractivity contribution in [3.63, 3.8) is 0 Å². The molecule has 0 bridgehead atoms. The molecule has 0 radical (unpaired) electrons. The summed E-state index contributed by atoms with van der Waals surface area (Å²) in [4.78, 5) is 13.4. The molecule has 8 heteroatoms. The van der Waals surface area contributed by atoms with Gasteiger partial charge >= 0.3 is 5.97 Å². The number of hydrogen-bond donors (Lipinski definition) is 2. The van der Waals surface area contributed by atoms with E-state index in [1.54, 1.807) is 6.07 Å². The molecule has 0 aliphatic heterocycles. The molecule has 3 rings (SSSR count). The molecule has 3 aromatic rings. The molecule has 0 amide bonds. The number of anilines is 2. The van der Waals surface area contributed by atoms with Crippen LogP contribution in [0.1, 0.15) is 35.7 Å². The summed E-state index contributed by atoms with van der Waals surface area (Å²) >= 11 is 0. The van der Waals surface area contributed by atoms with Gasteiger partial charge in [-0.3, -0.25) is 4.72 Å². The number of halogens is 1. The monoisotopic (exact) mass is 456 g/mol. The number of rotatable bonds is 10. The minimum Gasteiger partial charge on any atom is -0.478 e. The molecule has 0 aromatic heterocycles. The van der Waals surface area contributed by atoms with Crippen molar-refractivity contribution in [3.05, 3.63) is 89.7 Å². The summed E-state index contributed by atoms with van der Waals surface area (Å²) in [5.74, 6) is -1.71. The zero-order chi connectivity index (χ0) is 23.1. The van der Waals surface area contributed by atoms with Crippen molar-refractivity contribution in [2.45, 2.75) is 31.2 Å². The number of hydrogen-bond acceptors (Lipinski definition) is 4. The van der Waals surface area contributed by atoms with Gasteiger partial charge in [0.1, 0.15) is 5.82 Å². The van der Waals surface area contributed by atoms with Crippen molar-refractivity contribution in [2.24, 2.45) is 0 Å². The van der Waals surface area contributed by atoms with Crippen LogP contribution in [0.5, 0.6) is 0 Å². The highest BCUT2D eigenvalue weighted by molar-refractivity contribution is 7.92. The zero-order valence-corrected chi connectivity index (χ0v) is 18.5. The molecule has 0 heterocycles. The summed E-state index contributed by atoms with van der Waals surface area (Å²) in [5, 5.41) is 9.43. The molecular formula is C24H25FN2O4S. The fraction of sp³-hybridized carbons (Fsp3) is 0.208. The van der Waals surface area contributed by atoms with E-state index in [9.17, 15) is 22.7 Å². The Balaban J connectivity index is 2.03. The standard InChI is InChI=1S/C24H25FN2O4S/c1-2-3-15-27(17-18-7-5-4-6-8-18)23-14-9-19(24(28)29)16-22(23)26-32(30,31)21-12-10-20(25)11-13-21/h4-14,16,26H,2-3,15,17H2,1H3,(H,28,29). The van der Waals surface area contributed by atoms with Crippen LogP contribution in [-0.2, 0) is 16.6 Å². The molecule has 168 valence electrons. The summed E-state index contributed by atoms with van der Waals surface area (Å²) in [6.07, 6.45) is 1.81. The molecule has 32 heavy (non-hydrogen) atoms. The predicted octanol–water partition coefficient (Wildman–Crippen LogP) is 5.13. The summed E-state index contributed by atoms with van der Waals surface area (Å²) in [5.41, 5.74) is 1.72. The Morgan fingerprint density at radius 2 is 1.72 bits per heavy atom. The maximum absolute atomic E-state index is 13.3. The number of aromatic carboxylic acids is 1. The molecule has 2 N–H and O–H groups in total. The second-order valence-corrected chi connectivity index (χ2v) is 9.04. The fourth-order valence-electron chi connectivity index (χ4n) is 3.28. The van der Waals surface area contributed by atoms with Gasteiger partial charge in [-0.05, 0) is 54.4 Å². The first-order chi connectivity index (χ1) is 15.3. The quantitative estimate of drug-likeness (QED) is 0.442. The highest BCUT2D eigenvalue weighted by Crippen LogP contribution is 2.31. The number of nitrogens with one attached hydrogen (secondary N) is 1. The maximum atomic E-state index is 13.3. The Morgan fingerprint density at radius 1 is 1.03 bits per heavy atom. The molecule has 0 aliphatic rings. The van der Waals surface area contributed by atoms with E-state index in [1.807, 2.05) is 35.2 Å². The molecule has 0 saturated carbocycles. The van der Waals surface area contributed by atoms with Gasteiger partial charge in [-0.2, -0.15) is 0 Å². The molecule has 0 atom stereocenters. The van der Waals surface area contributed by atoms with Crippen LogP contribution in [0.2, 0.25) is 0 Å². The van der Waals surface area contributed by atoms with Crippen molar-refractivity contribution in [1.82, 2.24) is 0 Å². The van der Waals surface area contributed by atoms with Gasteiger partial charge in [0.25, 0.3) is 10.0 Å². The molecule has 3 aromatic carbocycles. The molecular weight excluding hydrogens is 431 g/mol. The molecule has 0 spiro atoms. The third-order valence-corrected chi connectivity index (χ3v) is 6.33. The van der Waals surface area contributed by atoms with Crippen LogP contribution in [0.4, 0.5) is 15.8 Å². The van der Waals surface area contributed by atoms with Gasteiger partial charge in [-0.25, -0.2) is 17.6 Å². The third kappa shape index (κ3) is 5.85.